The van der Waals surface area contributed by atoms with Gasteiger partial charge in [-0.05, 0) is 0 Å². The Morgan fingerprint density at radius 2 is 1.30 bits per heavy atom. The molecule has 0 aliphatic heterocycles. The molecule has 1 aromatic rings. The van der Waals surface area contributed by atoms with Crippen LogP contribution in [-0.2, 0) is 0 Å². The van der Waals surface area contributed by atoms with Gasteiger partial charge in [0, 0.05) is 0 Å². The Hall–Kier alpha value is -0.621. The zero-order valence-corrected chi connectivity index (χ0v) is 18.4. The molecule has 0 radical (unpaired) electrons. The molecular formula is C21H34OSn. The molecule has 0 aromatic heterocycles. The molecule has 0 saturated heterocycles. The zero-order valence-electron chi connectivity index (χ0n) is 15.6. The molecule has 0 unspecified atom stereocenters. The topological polar surface area (TPSA) is 9.23 Å². The van der Waals surface area contributed by atoms with E-state index in [1.165, 1.54) is 51.8 Å². The van der Waals surface area contributed by atoms with Gasteiger partial charge in [0.15, 0.2) is 0 Å². The van der Waals surface area contributed by atoms with Crippen LogP contribution in [0.2, 0.25) is 13.3 Å². The van der Waals surface area contributed by atoms with Gasteiger partial charge >= 0.3 is 148 Å². The SMILES string of the molecule is CCC[CH2][Sn]([C]#Cc1ccc(OC)cc1)([CH2]CCC)[CH2]CCC. The molecule has 0 N–H and O–H groups in total. The van der Waals surface area contributed by atoms with Crippen molar-refractivity contribution in [1.82, 2.24) is 0 Å². The third-order valence-corrected chi connectivity index (χ3v) is 17.7. The summed E-state index contributed by atoms with van der Waals surface area (Å²) in [7, 11) is 1.71. The van der Waals surface area contributed by atoms with Crippen LogP contribution in [-0.4, -0.2) is 25.5 Å². The molecule has 0 aliphatic carbocycles. The molecular weight excluding hydrogens is 387 g/mol. The molecule has 1 aromatic carbocycles. The van der Waals surface area contributed by atoms with E-state index in [1.54, 1.807) is 7.11 Å². The Labute approximate surface area is 148 Å². The molecule has 0 amide bonds. The first-order valence-electron chi connectivity index (χ1n) is 9.37. The van der Waals surface area contributed by atoms with Gasteiger partial charge in [-0.1, -0.05) is 0 Å². The summed E-state index contributed by atoms with van der Waals surface area (Å²) in [6.07, 6.45) is 8.05. The first-order valence-corrected chi connectivity index (χ1v) is 16.8. The van der Waals surface area contributed by atoms with Gasteiger partial charge in [-0.2, -0.15) is 0 Å². The van der Waals surface area contributed by atoms with Gasteiger partial charge in [0.25, 0.3) is 0 Å². The second-order valence-corrected chi connectivity index (χ2v) is 18.9. The van der Waals surface area contributed by atoms with Crippen molar-refractivity contribution >= 4 is 18.4 Å². The summed E-state index contributed by atoms with van der Waals surface area (Å²) in [5.41, 5.74) is 1.15. The fourth-order valence-electron chi connectivity index (χ4n) is 2.99. The monoisotopic (exact) mass is 422 g/mol. The van der Waals surface area contributed by atoms with Crippen molar-refractivity contribution in [1.29, 1.82) is 0 Å². The van der Waals surface area contributed by atoms with Crippen molar-refractivity contribution in [3.63, 3.8) is 0 Å². The van der Waals surface area contributed by atoms with Gasteiger partial charge in [-0.15, -0.1) is 0 Å². The maximum absolute atomic E-state index is 5.24. The van der Waals surface area contributed by atoms with Crippen LogP contribution < -0.4 is 4.74 Å². The van der Waals surface area contributed by atoms with E-state index in [1.807, 2.05) is 12.1 Å². The van der Waals surface area contributed by atoms with Crippen LogP contribution in [0.15, 0.2) is 24.3 Å². The quantitative estimate of drug-likeness (QED) is 0.312. The average molecular weight is 421 g/mol. The summed E-state index contributed by atoms with van der Waals surface area (Å²) in [5.74, 6) is 4.46. The van der Waals surface area contributed by atoms with Crippen molar-refractivity contribution in [2.24, 2.45) is 0 Å². The standard InChI is InChI=1S/C9H7O.3C4H9.Sn/c1-3-8-4-6-9(10-2)7-5-8;3*1-3-4-2;/h4-7H,2H3;3*1,3-4H2,2H3;. The van der Waals surface area contributed by atoms with Crippen molar-refractivity contribution in [3.05, 3.63) is 29.8 Å². The first-order chi connectivity index (χ1) is 11.2. The Morgan fingerprint density at radius 3 is 1.70 bits per heavy atom. The molecule has 0 heterocycles. The number of benzene rings is 1. The van der Waals surface area contributed by atoms with Gasteiger partial charge < -0.3 is 0 Å². The Bertz CT molecular complexity index is 459. The summed E-state index contributed by atoms with van der Waals surface area (Å²) >= 11 is -2.31. The van der Waals surface area contributed by atoms with Gasteiger partial charge in [-0.25, -0.2) is 0 Å². The minimum atomic E-state index is -2.31. The van der Waals surface area contributed by atoms with Crippen LogP contribution in [0.5, 0.6) is 5.75 Å². The molecule has 23 heavy (non-hydrogen) atoms. The van der Waals surface area contributed by atoms with Crippen LogP contribution >= 0.6 is 0 Å². The molecule has 2 heteroatoms. The van der Waals surface area contributed by atoms with Gasteiger partial charge in [0.05, 0.1) is 0 Å². The molecule has 0 spiro atoms. The van der Waals surface area contributed by atoms with E-state index in [4.69, 9.17) is 4.74 Å². The average Bonchev–Trinajstić information content (AvgIpc) is 2.61. The zero-order chi connectivity index (χ0) is 17.0. The number of methoxy groups -OCH3 is 1. The first kappa shape index (κ1) is 20.4. The molecule has 128 valence electrons. The normalized spacial score (nSPS) is 11.0. The molecule has 0 fully saturated rings. The van der Waals surface area contributed by atoms with Crippen molar-refractivity contribution in [2.75, 3.05) is 7.11 Å². The van der Waals surface area contributed by atoms with Gasteiger partial charge in [0.1, 0.15) is 0 Å². The molecule has 1 nitrogen and oxygen atoms in total. The number of hydrogen-bond acceptors (Lipinski definition) is 1. The Kier molecular flexibility index (Phi) is 10.5. The van der Waals surface area contributed by atoms with Gasteiger partial charge in [0.2, 0.25) is 0 Å². The van der Waals surface area contributed by atoms with Crippen molar-refractivity contribution < 1.29 is 4.74 Å². The van der Waals surface area contributed by atoms with Crippen LogP contribution in [0.4, 0.5) is 0 Å². The van der Waals surface area contributed by atoms with E-state index in [0.29, 0.717) is 0 Å². The van der Waals surface area contributed by atoms with Crippen LogP contribution in [0.25, 0.3) is 0 Å². The van der Waals surface area contributed by atoms with E-state index in [-0.39, 0.29) is 0 Å². The summed E-state index contributed by atoms with van der Waals surface area (Å²) in [4.78, 5) is 0. The predicted octanol–water partition coefficient (Wildman–Crippen LogP) is 6.44. The van der Waals surface area contributed by atoms with Crippen LogP contribution in [0.3, 0.4) is 0 Å². The van der Waals surface area contributed by atoms with Crippen molar-refractivity contribution in [2.45, 2.75) is 72.6 Å². The van der Waals surface area contributed by atoms with E-state index < -0.39 is 18.4 Å². The number of hydrogen-bond donors (Lipinski definition) is 0. The minimum absolute atomic E-state index is 0.910. The summed E-state index contributed by atoms with van der Waals surface area (Å²) in [6.45, 7) is 6.94. The number of ether oxygens (including phenoxy) is 1. The van der Waals surface area contributed by atoms with E-state index in [0.717, 1.165) is 11.3 Å². The second kappa shape index (κ2) is 11.8. The van der Waals surface area contributed by atoms with E-state index in [9.17, 15) is 0 Å². The molecule has 0 bridgehead atoms. The number of unbranched alkanes of at least 4 members (excludes halogenated alkanes) is 3. The van der Waals surface area contributed by atoms with Crippen LogP contribution in [0.1, 0.15) is 64.9 Å². The summed E-state index contributed by atoms with van der Waals surface area (Å²) < 4.78 is 13.5. The van der Waals surface area contributed by atoms with E-state index in [2.05, 4.69) is 42.8 Å². The predicted molar refractivity (Wildman–Crippen MR) is 105 cm³/mol. The number of rotatable bonds is 10. The second-order valence-electron chi connectivity index (χ2n) is 6.57. The van der Waals surface area contributed by atoms with E-state index >= 15 is 0 Å². The maximum atomic E-state index is 5.24. The van der Waals surface area contributed by atoms with Crippen molar-refractivity contribution in [3.8, 4) is 15.6 Å². The molecule has 1 rings (SSSR count). The molecule has 0 atom stereocenters. The van der Waals surface area contributed by atoms with Gasteiger partial charge in [-0.3, -0.25) is 0 Å². The fraction of sp³-hybridized carbons (Fsp3) is 0.619. The molecule has 0 saturated carbocycles. The van der Waals surface area contributed by atoms with Crippen LogP contribution in [0, 0.1) is 9.86 Å². The Morgan fingerprint density at radius 1 is 0.826 bits per heavy atom. The fourth-order valence-corrected chi connectivity index (χ4v) is 16.2. The Balaban J connectivity index is 2.97. The molecule has 0 aliphatic rings. The third-order valence-electron chi connectivity index (χ3n) is 4.59. The third kappa shape index (κ3) is 7.66. The summed E-state index contributed by atoms with van der Waals surface area (Å²) in [6, 6.07) is 8.24. The summed E-state index contributed by atoms with van der Waals surface area (Å²) in [5, 5.41) is 0.